The molecular formula is C12H19N5O2S2. The molecule has 3 N–H and O–H groups in total. The summed E-state index contributed by atoms with van der Waals surface area (Å²) in [6.07, 6.45) is 5.62. The van der Waals surface area contributed by atoms with Gasteiger partial charge < -0.3 is 5.43 Å². The molecule has 2 aromatic heterocycles. The van der Waals surface area contributed by atoms with Gasteiger partial charge in [-0.2, -0.15) is 9.29 Å². The maximum Gasteiger partial charge on any atom is 0.263 e. The SMILES string of the molecule is CC1CCCCCN1S(=O)(=O)c1c(NN)nc2sccn12. The van der Waals surface area contributed by atoms with Crippen molar-refractivity contribution >= 4 is 32.1 Å². The van der Waals surface area contributed by atoms with Crippen LogP contribution in [-0.2, 0) is 10.0 Å². The second kappa shape index (κ2) is 5.56. The van der Waals surface area contributed by atoms with Crippen molar-refractivity contribution in [2.45, 2.75) is 43.7 Å². The summed E-state index contributed by atoms with van der Waals surface area (Å²) in [4.78, 5) is 4.86. The topological polar surface area (TPSA) is 92.7 Å². The van der Waals surface area contributed by atoms with Gasteiger partial charge in [0, 0.05) is 24.2 Å². The first-order valence-corrected chi connectivity index (χ1v) is 9.31. The molecule has 2 aromatic rings. The van der Waals surface area contributed by atoms with Gasteiger partial charge in [-0.25, -0.2) is 14.3 Å². The summed E-state index contributed by atoms with van der Waals surface area (Å²) in [5, 5.41) is 1.95. The minimum Gasteiger partial charge on any atom is -0.306 e. The molecule has 9 heteroatoms. The third kappa shape index (κ3) is 2.44. The minimum absolute atomic E-state index is 0.00712. The molecular weight excluding hydrogens is 310 g/mol. The zero-order valence-corrected chi connectivity index (χ0v) is 13.5. The van der Waals surface area contributed by atoms with E-state index in [1.807, 2.05) is 12.3 Å². The highest BCUT2D eigenvalue weighted by molar-refractivity contribution is 7.89. The summed E-state index contributed by atoms with van der Waals surface area (Å²) in [5.41, 5.74) is 2.42. The molecule has 0 spiro atoms. The van der Waals surface area contributed by atoms with Gasteiger partial charge in [-0.15, -0.1) is 11.3 Å². The molecule has 1 unspecified atom stereocenters. The van der Waals surface area contributed by atoms with E-state index < -0.39 is 10.0 Å². The first-order chi connectivity index (χ1) is 10.1. The molecule has 1 saturated heterocycles. The fourth-order valence-corrected chi connectivity index (χ4v) is 5.51. The van der Waals surface area contributed by atoms with E-state index in [0.717, 1.165) is 25.7 Å². The number of aromatic nitrogens is 2. The Bertz CT molecular complexity index is 736. The summed E-state index contributed by atoms with van der Waals surface area (Å²) < 4.78 is 29.3. The fraction of sp³-hybridized carbons (Fsp3) is 0.583. The maximum atomic E-state index is 13.1. The number of fused-ring (bicyclic) bond motifs is 1. The number of hydrazine groups is 1. The lowest BCUT2D eigenvalue weighted by molar-refractivity contribution is 0.340. The number of hydrogen-bond donors (Lipinski definition) is 2. The van der Waals surface area contributed by atoms with Gasteiger partial charge in [0.1, 0.15) is 0 Å². The smallest absolute Gasteiger partial charge is 0.263 e. The normalized spacial score (nSPS) is 21.5. The van der Waals surface area contributed by atoms with Gasteiger partial charge in [0.2, 0.25) is 5.03 Å². The summed E-state index contributed by atoms with van der Waals surface area (Å²) in [5.74, 6) is 5.67. The summed E-state index contributed by atoms with van der Waals surface area (Å²) in [6, 6.07) is -0.00712. The first kappa shape index (κ1) is 14.8. The second-order valence-corrected chi connectivity index (χ2v) is 7.96. The number of anilines is 1. The van der Waals surface area contributed by atoms with Crippen LogP contribution in [-0.4, -0.2) is 34.7 Å². The Kier molecular flexibility index (Phi) is 3.91. The van der Waals surface area contributed by atoms with Gasteiger partial charge in [-0.1, -0.05) is 12.8 Å². The van der Waals surface area contributed by atoms with Gasteiger partial charge in [0.25, 0.3) is 10.0 Å². The quantitative estimate of drug-likeness (QED) is 0.659. The highest BCUT2D eigenvalue weighted by Crippen LogP contribution is 2.30. The number of thiazole rings is 1. The van der Waals surface area contributed by atoms with Crippen molar-refractivity contribution < 1.29 is 8.42 Å². The zero-order valence-electron chi connectivity index (χ0n) is 11.8. The van der Waals surface area contributed by atoms with Crippen molar-refractivity contribution in [1.29, 1.82) is 0 Å². The van der Waals surface area contributed by atoms with Crippen LogP contribution in [0, 0.1) is 0 Å². The molecule has 21 heavy (non-hydrogen) atoms. The van der Waals surface area contributed by atoms with Gasteiger partial charge in [-0.3, -0.25) is 4.40 Å². The van der Waals surface area contributed by atoms with Crippen LogP contribution in [0.4, 0.5) is 5.82 Å². The summed E-state index contributed by atoms with van der Waals surface area (Å²) >= 11 is 1.38. The van der Waals surface area contributed by atoms with E-state index in [-0.39, 0.29) is 16.9 Å². The highest BCUT2D eigenvalue weighted by Gasteiger charge is 2.35. The van der Waals surface area contributed by atoms with Gasteiger partial charge in [-0.05, 0) is 19.8 Å². The Balaban J connectivity index is 2.12. The Labute approximate surface area is 127 Å². The van der Waals surface area contributed by atoms with Crippen molar-refractivity contribution in [1.82, 2.24) is 13.7 Å². The fourth-order valence-electron chi connectivity index (χ4n) is 2.82. The number of nitrogens with zero attached hydrogens (tertiary/aromatic N) is 3. The lowest BCUT2D eigenvalue weighted by Crippen LogP contribution is -2.39. The molecule has 0 saturated carbocycles. The molecule has 1 aliphatic heterocycles. The van der Waals surface area contributed by atoms with Crippen LogP contribution in [0.5, 0.6) is 0 Å². The third-order valence-electron chi connectivity index (χ3n) is 3.90. The van der Waals surface area contributed by atoms with Crippen molar-refractivity contribution in [3.8, 4) is 0 Å². The molecule has 1 atom stereocenters. The number of nitrogens with two attached hydrogens (primary N) is 1. The Morgan fingerprint density at radius 1 is 1.43 bits per heavy atom. The molecule has 0 aliphatic carbocycles. The monoisotopic (exact) mass is 329 g/mol. The first-order valence-electron chi connectivity index (χ1n) is 6.99. The molecule has 3 heterocycles. The van der Waals surface area contributed by atoms with Gasteiger partial charge in [0.05, 0.1) is 0 Å². The Hall–Kier alpha value is -1.16. The molecule has 3 rings (SSSR count). The van der Waals surface area contributed by atoms with Crippen molar-refractivity contribution in [2.24, 2.45) is 5.84 Å². The Morgan fingerprint density at radius 3 is 3.00 bits per heavy atom. The Morgan fingerprint density at radius 2 is 2.24 bits per heavy atom. The van der Waals surface area contributed by atoms with E-state index >= 15 is 0 Å². The zero-order chi connectivity index (χ0) is 15.0. The second-order valence-electron chi connectivity index (χ2n) is 5.28. The van der Waals surface area contributed by atoms with E-state index in [0.29, 0.717) is 11.5 Å². The molecule has 0 aromatic carbocycles. The lowest BCUT2D eigenvalue weighted by Gasteiger charge is -2.26. The predicted molar refractivity (Wildman–Crippen MR) is 82.7 cm³/mol. The molecule has 1 aliphatic rings. The molecule has 0 amide bonds. The summed E-state index contributed by atoms with van der Waals surface area (Å²) in [6.45, 7) is 2.51. The van der Waals surface area contributed by atoms with Gasteiger partial charge >= 0.3 is 0 Å². The average Bonchev–Trinajstić information content (AvgIpc) is 2.94. The van der Waals surface area contributed by atoms with E-state index in [4.69, 9.17) is 5.84 Å². The van der Waals surface area contributed by atoms with E-state index in [1.165, 1.54) is 11.3 Å². The lowest BCUT2D eigenvalue weighted by atomic mass is 10.1. The molecule has 1 fully saturated rings. The highest BCUT2D eigenvalue weighted by atomic mass is 32.2. The van der Waals surface area contributed by atoms with Crippen LogP contribution in [0.3, 0.4) is 0 Å². The number of sulfonamides is 1. The number of rotatable bonds is 3. The molecule has 0 radical (unpaired) electrons. The van der Waals surface area contributed by atoms with Crippen LogP contribution in [0.25, 0.3) is 4.96 Å². The number of nitrogen functional groups attached to an aromatic ring is 1. The van der Waals surface area contributed by atoms with E-state index in [2.05, 4.69) is 10.4 Å². The largest absolute Gasteiger partial charge is 0.306 e. The molecule has 116 valence electrons. The predicted octanol–water partition coefficient (Wildman–Crippen LogP) is 1.63. The number of imidazole rings is 1. The van der Waals surface area contributed by atoms with E-state index in [1.54, 1.807) is 14.9 Å². The van der Waals surface area contributed by atoms with Crippen LogP contribution in [0.15, 0.2) is 16.6 Å². The van der Waals surface area contributed by atoms with Gasteiger partial charge in [0.15, 0.2) is 10.8 Å². The number of hydrogen-bond acceptors (Lipinski definition) is 6. The van der Waals surface area contributed by atoms with Crippen LogP contribution >= 0.6 is 11.3 Å². The van der Waals surface area contributed by atoms with Crippen LogP contribution in [0.1, 0.15) is 32.6 Å². The van der Waals surface area contributed by atoms with Crippen molar-refractivity contribution in [2.75, 3.05) is 12.0 Å². The van der Waals surface area contributed by atoms with E-state index in [9.17, 15) is 8.42 Å². The third-order valence-corrected chi connectivity index (χ3v) is 6.70. The maximum absolute atomic E-state index is 13.1. The molecule has 7 nitrogen and oxygen atoms in total. The average molecular weight is 329 g/mol. The number of nitrogens with one attached hydrogen (secondary N) is 1. The molecule has 0 bridgehead atoms. The van der Waals surface area contributed by atoms with Crippen molar-refractivity contribution in [3.63, 3.8) is 0 Å². The van der Waals surface area contributed by atoms with Crippen molar-refractivity contribution in [3.05, 3.63) is 11.6 Å². The van der Waals surface area contributed by atoms with Crippen LogP contribution in [0.2, 0.25) is 0 Å². The standard InChI is InChI=1S/C12H19N5O2S2/c1-9-5-3-2-4-6-17(9)21(18,19)11-10(15-13)14-12-16(11)7-8-20-12/h7-9,15H,2-6,13H2,1H3. The van der Waals surface area contributed by atoms with Crippen LogP contribution < -0.4 is 11.3 Å². The minimum atomic E-state index is -3.63. The summed E-state index contributed by atoms with van der Waals surface area (Å²) in [7, 11) is -3.63.